The summed E-state index contributed by atoms with van der Waals surface area (Å²) in [4.78, 5) is 28.8. The van der Waals surface area contributed by atoms with E-state index in [2.05, 4.69) is 17.1 Å². The normalized spacial score (nSPS) is 18.1. The van der Waals surface area contributed by atoms with Gasteiger partial charge >= 0.3 is 5.76 Å². The van der Waals surface area contributed by atoms with E-state index in [0.29, 0.717) is 31.7 Å². The minimum absolute atomic E-state index is 0.316. The van der Waals surface area contributed by atoms with Gasteiger partial charge in [-0.1, -0.05) is 18.2 Å². The van der Waals surface area contributed by atoms with Gasteiger partial charge in [-0.05, 0) is 47.2 Å². The van der Waals surface area contributed by atoms with E-state index in [-0.39, 0.29) is 5.76 Å². The highest BCUT2D eigenvalue weighted by Gasteiger charge is 2.28. The van der Waals surface area contributed by atoms with Crippen LogP contribution in [0.1, 0.15) is 12.1 Å². The quantitative estimate of drug-likeness (QED) is 0.471. The monoisotopic (exact) mass is 459 g/mol. The molecule has 1 aliphatic heterocycles. The zero-order valence-corrected chi connectivity index (χ0v) is 18.8. The fourth-order valence-corrected chi connectivity index (χ4v) is 4.55. The van der Waals surface area contributed by atoms with Gasteiger partial charge in [0.05, 0.1) is 11.6 Å². The Balaban J connectivity index is 1.40. The van der Waals surface area contributed by atoms with Gasteiger partial charge in [0.15, 0.2) is 5.58 Å². The molecule has 174 valence electrons. The van der Waals surface area contributed by atoms with Gasteiger partial charge in [0, 0.05) is 44.4 Å². The molecule has 0 aliphatic carbocycles. The summed E-state index contributed by atoms with van der Waals surface area (Å²) in [6.45, 7) is 1.44. The molecule has 2 atom stereocenters. The number of benzene rings is 2. The van der Waals surface area contributed by atoms with Crippen molar-refractivity contribution >= 4 is 27.9 Å². The summed E-state index contributed by atoms with van der Waals surface area (Å²) >= 11 is 0. The number of aryl methyl sites for hydroxylation is 1. The minimum atomic E-state index is -0.698. The highest BCUT2D eigenvalue weighted by Crippen LogP contribution is 2.28. The fourth-order valence-electron chi connectivity index (χ4n) is 4.55. The lowest BCUT2D eigenvalue weighted by Crippen LogP contribution is -2.44. The van der Waals surface area contributed by atoms with Gasteiger partial charge in [-0.3, -0.25) is 14.3 Å². The smallest absolute Gasteiger partial charge is 0.408 e. The number of nitrogens with two attached hydrogens (primary N) is 1. The Kier molecular flexibility index (Phi) is 5.69. The van der Waals surface area contributed by atoms with Crippen molar-refractivity contribution in [3.05, 3.63) is 58.7 Å². The molecule has 3 heterocycles. The predicted octanol–water partition coefficient (Wildman–Crippen LogP) is 2.29. The second kappa shape index (κ2) is 8.82. The second-order valence-electron chi connectivity index (χ2n) is 8.67. The van der Waals surface area contributed by atoms with Gasteiger partial charge in [-0.25, -0.2) is 4.79 Å². The van der Waals surface area contributed by atoms with Gasteiger partial charge < -0.3 is 19.9 Å². The molecule has 1 fully saturated rings. The third-order valence-electron chi connectivity index (χ3n) is 6.43. The van der Waals surface area contributed by atoms with Gasteiger partial charge in [0.1, 0.15) is 12.1 Å². The van der Waals surface area contributed by atoms with Gasteiger partial charge in [-0.15, -0.1) is 0 Å². The molecule has 0 bridgehead atoms. The van der Waals surface area contributed by atoms with Crippen LogP contribution < -0.4 is 11.5 Å². The minimum Gasteiger partial charge on any atom is -0.408 e. The number of H-pyrrole nitrogens is 1. The number of hydrogen-bond donors (Lipinski definition) is 2. The molecule has 9 heteroatoms. The maximum atomic E-state index is 11.8. The second-order valence-corrected chi connectivity index (χ2v) is 8.67. The average Bonchev–Trinajstić information content (AvgIpc) is 3.24. The molecule has 4 aromatic rings. The molecule has 34 heavy (non-hydrogen) atoms. The third kappa shape index (κ3) is 4.09. The molecule has 2 aromatic carbocycles. The fraction of sp³-hybridized carbons (Fsp3) is 0.320. The summed E-state index contributed by atoms with van der Waals surface area (Å²) in [6, 6.07) is 15.8. The number of nitriles is 1. The van der Waals surface area contributed by atoms with Crippen LogP contribution >= 0.6 is 0 Å². The van der Waals surface area contributed by atoms with E-state index in [4.69, 9.17) is 14.9 Å². The molecule has 1 amide bonds. The topological polar surface area (TPSA) is 130 Å². The van der Waals surface area contributed by atoms with Crippen LogP contribution in [0.4, 0.5) is 0 Å². The Hall–Kier alpha value is -3.87. The Morgan fingerprint density at radius 2 is 2.06 bits per heavy atom. The van der Waals surface area contributed by atoms with Crippen LogP contribution in [0, 0.1) is 11.3 Å². The lowest BCUT2D eigenvalue weighted by atomic mass is 10.0. The van der Waals surface area contributed by atoms with Gasteiger partial charge in [-0.2, -0.15) is 5.26 Å². The number of amides is 1. The number of hydrogen-bond acceptors (Lipinski definition) is 6. The number of ether oxygens (including phenoxy) is 1. The van der Waals surface area contributed by atoms with Crippen molar-refractivity contribution in [1.29, 1.82) is 5.26 Å². The number of aromatic amines is 1. The molecular formula is C25H25N5O4. The Bertz CT molecular complexity index is 1470. The SMILES string of the molecule is Cn1c(=O)oc2ccc(-c3ccc4cc(C[C@@H](C#N)N5CCCOC(C(N)=O)C5)[nH]c4c3)cc21. The third-order valence-corrected chi connectivity index (χ3v) is 6.43. The van der Waals surface area contributed by atoms with Crippen LogP contribution in [0.3, 0.4) is 0 Å². The summed E-state index contributed by atoms with van der Waals surface area (Å²) in [5.74, 6) is -0.891. The van der Waals surface area contributed by atoms with Crippen molar-refractivity contribution in [1.82, 2.24) is 14.5 Å². The molecule has 1 aliphatic rings. The van der Waals surface area contributed by atoms with E-state index >= 15 is 0 Å². The number of oxazole rings is 1. The van der Waals surface area contributed by atoms with Crippen molar-refractivity contribution in [2.45, 2.75) is 25.0 Å². The summed E-state index contributed by atoms with van der Waals surface area (Å²) in [7, 11) is 1.69. The first kappa shape index (κ1) is 21.9. The predicted molar refractivity (Wildman–Crippen MR) is 127 cm³/mol. The highest BCUT2D eigenvalue weighted by molar-refractivity contribution is 5.88. The largest absolute Gasteiger partial charge is 0.419 e. The first-order valence-corrected chi connectivity index (χ1v) is 11.2. The number of nitrogens with one attached hydrogen (secondary N) is 1. The average molecular weight is 460 g/mol. The lowest BCUT2D eigenvalue weighted by Gasteiger charge is -2.26. The van der Waals surface area contributed by atoms with E-state index in [1.54, 1.807) is 13.1 Å². The van der Waals surface area contributed by atoms with Crippen molar-refractivity contribution in [2.24, 2.45) is 12.8 Å². The molecular weight excluding hydrogens is 434 g/mol. The van der Waals surface area contributed by atoms with Crippen LogP contribution in [0.2, 0.25) is 0 Å². The van der Waals surface area contributed by atoms with E-state index in [1.165, 1.54) is 4.57 Å². The van der Waals surface area contributed by atoms with E-state index < -0.39 is 18.1 Å². The summed E-state index contributed by atoms with van der Waals surface area (Å²) < 4.78 is 12.2. The van der Waals surface area contributed by atoms with Crippen LogP contribution in [-0.2, 0) is 23.0 Å². The first-order valence-electron chi connectivity index (χ1n) is 11.2. The molecule has 9 nitrogen and oxygen atoms in total. The van der Waals surface area contributed by atoms with Crippen LogP contribution in [-0.4, -0.2) is 52.2 Å². The van der Waals surface area contributed by atoms with Crippen molar-refractivity contribution in [3.8, 4) is 17.2 Å². The molecule has 1 saturated heterocycles. The summed E-state index contributed by atoms with van der Waals surface area (Å²) in [5.41, 5.74) is 10.6. The van der Waals surface area contributed by atoms with E-state index in [9.17, 15) is 14.9 Å². The Labute approximate surface area is 195 Å². The summed E-state index contributed by atoms with van der Waals surface area (Å²) in [6.07, 6.45) is 0.537. The molecule has 3 N–H and O–H groups in total. The lowest BCUT2D eigenvalue weighted by molar-refractivity contribution is -0.129. The zero-order chi connectivity index (χ0) is 23.8. The molecule has 2 aromatic heterocycles. The molecule has 0 saturated carbocycles. The van der Waals surface area contributed by atoms with Crippen molar-refractivity contribution < 1.29 is 13.9 Å². The number of nitrogens with zero attached hydrogens (tertiary/aromatic N) is 3. The number of fused-ring (bicyclic) bond motifs is 2. The zero-order valence-electron chi connectivity index (χ0n) is 18.8. The van der Waals surface area contributed by atoms with Crippen molar-refractivity contribution in [2.75, 3.05) is 19.7 Å². The molecule has 1 unspecified atom stereocenters. The number of carbonyl (C=O) groups excluding carboxylic acids is 1. The van der Waals surface area contributed by atoms with Crippen LogP contribution in [0.15, 0.2) is 51.7 Å². The van der Waals surface area contributed by atoms with Crippen molar-refractivity contribution in [3.63, 3.8) is 0 Å². The van der Waals surface area contributed by atoms with Gasteiger partial charge in [0.25, 0.3) is 0 Å². The number of aromatic nitrogens is 2. The van der Waals surface area contributed by atoms with Crippen LogP contribution in [0.25, 0.3) is 33.1 Å². The maximum absolute atomic E-state index is 11.8. The number of rotatable bonds is 5. The highest BCUT2D eigenvalue weighted by atomic mass is 16.5. The summed E-state index contributed by atoms with van der Waals surface area (Å²) in [5, 5.41) is 10.9. The Morgan fingerprint density at radius 3 is 2.85 bits per heavy atom. The van der Waals surface area contributed by atoms with E-state index in [1.807, 2.05) is 35.2 Å². The molecule has 0 radical (unpaired) electrons. The number of carbonyl (C=O) groups is 1. The molecule has 5 rings (SSSR count). The maximum Gasteiger partial charge on any atom is 0.419 e. The molecule has 0 spiro atoms. The van der Waals surface area contributed by atoms with Crippen LogP contribution in [0.5, 0.6) is 0 Å². The first-order chi connectivity index (χ1) is 16.4. The van der Waals surface area contributed by atoms with E-state index in [0.717, 1.165) is 39.7 Å². The number of primary amides is 1. The van der Waals surface area contributed by atoms with Gasteiger partial charge in [0.2, 0.25) is 5.91 Å². The standard InChI is InChI=1S/C25H25N5O4/c1-29-21-11-16(5-6-22(21)34-25(29)32)15-3-4-17-9-18(28-20(17)10-15)12-19(13-26)30-7-2-8-33-23(14-30)24(27)31/h3-6,9-11,19,23,28H,2,7-8,12,14H2,1H3,(H2,27,31)/t19-,23?/m0/s1. The Morgan fingerprint density at radius 1 is 1.26 bits per heavy atom.